The molecule has 1 aromatic carbocycles. The van der Waals surface area contributed by atoms with Gasteiger partial charge in [0.25, 0.3) is 5.91 Å². The molecule has 122 valence electrons. The monoisotopic (exact) mass is 338 g/mol. The Morgan fingerprint density at radius 3 is 2.62 bits per heavy atom. The highest BCUT2D eigenvalue weighted by atomic mass is 32.1. The lowest BCUT2D eigenvalue weighted by molar-refractivity contribution is 0.0730. The molecule has 2 heterocycles. The van der Waals surface area contributed by atoms with E-state index < -0.39 is 0 Å². The third-order valence-electron chi connectivity index (χ3n) is 4.36. The summed E-state index contributed by atoms with van der Waals surface area (Å²) in [4.78, 5) is 28.4. The maximum absolute atomic E-state index is 13.0. The van der Waals surface area contributed by atoms with Crippen molar-refractivity contribution in [1.29, 1.82) is 0 Å². The molecule has 1 fully saturated rings. The Kier molecular flexibility index (Phi) is 3.76. The second kappa shape index (κ2) is 5.94. The number of amides is 1. The first-order chi connectivity index (χ1) is 11.6. The van der Waals surface area contributed by atoms with Crippen molar-refractivity contribution < 1.29 is 4.79 Å². The summed E-state index contributed by atoms with van der Waals surface area (Å²) in [5.41, 5.74) is 4.09. The van der Waals surface area contributed by atoms with Crippen LogP contribution in [0.1, 0.15) is 39.6 Å². The first kappa shape index (κ1) is 15.2. The van der Waals surface area contributed by atoms with Crippen molar-refractivity contribution in [2.45, 2.75) is 39.3 Å². The summed E-state index contributed by atoms with van der Waals surface area (Å²) in [6.07, 6.45) is 3.93. The summed E-state index contributed by atoms with van der Waals surface area (Å²) in [6.45, 7) is 4.47. The first-order valence-electron chi connectivity index (χ1n) is 8.06. The van der Waals surface area contributed by atoms with E-state index >= 15 is 0 Å². The van der Waals surface area contributed by atoms with E-state index in [1.807, 2.05) is 42.3 Å². The number of carbonyl (C=O) groups excluding carboxylic acids is 1. The summed E-state index contributed by atoms with van der Waals surface area (Å²) < 4.78 is 0. The summed E-state index contributed by atoms with van der Waals surface area (Å²) in [6, 6.07) is 5.93. The summed E-state index contributed by atoms with van der Waals surface area (Å²) in [5, 5.41) is 2.92. The molecule has 1 amide bonds. The Morgan fingerprint density at radius 2 is 1.96 bits per heavy atom. The molecule has 4 rings (SSSR count). The van der Waals surface area contributed by atoms with Gasteiger partial charge in [-0.3, -0.25) is 4.79 Å². The van der Waals surface area contributed by atoms with Crippen LogP contribution >= 0.6 is 11.3 Å². The molecule has 3 aromatic rings. The van der Waals surface area contributed by atoms with Crippen molar-refractivity contribution in [3.05, 3.63) is 51.7 Å². The maximum atomic E-state index is 13.0. The molecule has 1 saturated carbocycles. The van der Waals surface area contributed by atoms with Crippen molar-refractivity contribution >= 4 is 28.3 Å². The van der Waals surface area contributed by atoms with Gasteiger partial charge in [-0.2, -0.15) is 0 Å². The van der Waals surface area contributed by atoms with Crippen LogP contribution in [0, 0.1) is 13.8 Å². The molecule has 0 atom stereocenters. The lowest BCUT2D eigenvalue weighted by Gasteiger charge is -2.21. The van der Waals surface area contributed by atoms with Gasteiger partial charge >= 0.3 is 0 Å². The van der Waals surface area contributed by atoms with E-state index in [1.54, 1.807) is 17.5 Å². The largest absolute Gasteiger partial charge is 0.329 e. The van der Waals surface area contributed by atoms with E-state index in [9.17, 15) is 4.79 Å². The van der Waals surface area contributed by atoms with Crippen LogP contribution in [-0.4, -0.2) is 31.8 Å². The van der Waals surface area contributed by atoms with Crippen LogP contribution in [-0.2, 0) is 6.54 Å². The molecule has 5 nitrogen and oxygen atoms in total. The molecule has 0 saturated heterocycles. The molecule has 1 aliphatic rings. The standard InChI is InChI=1S/C18H18N4OS/c1-11-12(2)21-16-9-13(3-6-15(16)20-11)18(23)22(14-4-5-14)10-17-19-7-8-24-17/h3,6-9,14H,4-5,10H2,1-2H3. The van der Waals surface area contributed by atoms with Crippen molar-refractivity contribution in [3.8, 4) is 0 Å². The summed E-state index contributed by atoms with van der Waals surface area (Å²) in [7, 11) is 0. The smallest absolute Gasteiger partial charge is 0.254 e. The number of rotatable bonds is 4. The van der Waals surface area contributed by atoms with Gasteiger partial charge in [-0.15, -0.1) is 11.3 Å². The Balaban J connectivity index is 1.66. The van der Waals surface area contributed by atoms with Crippen molar-refractivity contribution in [3.63, 3.8) is 0 Å². The van der Waals surface area contributed by atoms with Crippen LogP contribution in [0.3, 0.4) is 0 Å². The zero-order valence-electron chi connectivity index (χ0n) is 13.7. The molecular formula is C18H18N4OS. The predicted octanol–water partition coefficient (Wildman–Crippen LogP) is 3.51. The van der Waals surface area contributed by atoms with E-state index in [2.05, 4.69) is 15.0 Å². The first-order valence-corrected chi connectivity index (χ1v) is 8.94. The highest BCUT2D eigenvalue weighted by Gasteiger charge is 2.33. The van der Waals surface area contributed by atoms with Crippen LogP contribution in [0.5, 0.6) is 0 Å². The van der Waals surface area contributed by atoms with E-state index in [4.69, 9.17) is 0 Å². The number of carbonyl (C=O) groups is 1. The molecule has 0 radical (unpaired) electrons. The summed E-state index contributed by atoms with van der Waals surface area (Å²) >= 11 is 1.59. The Labute approximate surface area is 144 Å². The number of nitrogens with zero attached hydrogens (tertiary/aromatic N) is 4. The Bertz CT molecular complexity index is 903. The highest BCUT2D eigenvalue weighted by molar-refractivity contribution is 7.09. The van der Waals surface area contributed by atoms with Gasteiger partial charge in [0.1, 0.15) is 5.01 Å². The van der Waals surface area contributed by atoms with Gasteiger partial charge < -0.3 is 4.90 Å². The zero-order chi connectivity index (χ0) is 16.7. The predicted molar refractivity (Wildman–Crippen MR) is 94.0 cm³/mol. The molecule has 1 aliphatic carbocycles. The lowest BCUT2D eigenvalue weighted by Crippen LogP contribution is -2.32. The molecule has 0 unspecified atom stereocenters. The lowest BCUT2D eigenvalue weighted by atomic mass is 10.1. The minimum absolute atomic E-state index is 0.0506. The quantitative estimate of drug-likeness (QED) is 0.730. The molecular weight excluding hydrogens is 320 g/mol. The maximum Gasteiger partial charge on any atom is 0.254 e. The fraction of sp³-hybridized carbons (Fsp3) is 0.333. The van der Waals surface area contributed by atoms with Crippen LogP contribution in [0.2, 0.25) is 0 Å². The van der Waals surface area contributed by atoms with Crippen LogP contribution in [0.15, 0.2) is 29.8 Å². The van der Waals surface area contributed by atoms with Gasteiger partial charge in [0.2, 0.25) is 0 Å². The van der Waals surface area contributed by atoms with Crippen LogP contribution < -0.4 is 0 Å². The van der Waals surface area contributed by atoms with Gasteiger partial charge in [0.15, 0.2) is 0 Å². The molecule has 6 heteroatoms. The fourth-order valence-corrected chi connectivity index (χ4v) is 3.37. The molecule has 2 aromatic heterocycles. The van der Waals surface area contributed by atoms with Crippen molar-refractivity contribution in [2.75, 3.05) is 0 Å². The average Bonchev–Trinajstić information content (AvgIpc) is 3.29. The minimum Gasteiger partial charge on any atom is -0.329 e. The highest BCUT2D eigenvalue weighted by Crippen LogP contribution is 2.30. The number of hydrogen-bond acceptors (Lipinski definition) is 5. The molecule has 24 heavy (non-hydrogen) atoms. The third kappa shape index (κ3) is 2.89. The van der Waals surface area contributed by atoms with Gasteiger partial charge in [0.05, 0.1) is 29.0 Å². The number of hydrogen-bond donors (Lipinski definition) is 0. The van der Waals surface area contributed by atoms with Gasteiger partial charge in [0, 0.05) is 23.2 Å². The van der Waals surface area contributed by atoms with E-state index in [-0.39, 0.29) is 5.91 Å². The van der Waals surface area contributed by atoms with E-state index in [0.29, 0.717) is 18.2 Å². The van der Waals surface area contributed by atoms with Crippen LogP contribution in [0.4, 0.5) is 0 Å². The SMILES string of the molecule is Cc1nc2ccc(C(=O)N(Cc3nccs3)C3CC3)cc2nc1C. The summed E-state index contributed by atoms with van der Waals surface area (Å²) in [5.74, 6) is 0.0506. The minimum atomic E-state index is 0.0506. The third-order valence-corrected chi connectivity index (χ3v) is 5.12. The second-order valence-electron chi connectivity index (χ2n) is 6.19. The number of benzene rings is 1. The Hall–Kier alpha value is -2.34. The zero-order valence-corrected chi connectivity index (χ0v) is 14.5. The van der Waals surface area contributed by atoms with Crippen LogP contribution in [0.25, 0.3) is 11.0 Å². The Morgan fingerprint density at radius 1 is 1.21 bits per heavy atom. The van der Waals surface area contributed by atoms with Crippen molar-refractivity contribution in [1.82, 2.24) is 19.9 Å². The van der Waals surface area contributed by atoms with E-state index in [1.165, 1.54) is 0 Å². The molecule has 0 bridgehead atoms. The molecule has 0 aliphatic heterocycles. The van der Waals surface area contributed by atoms with Gasteiger partial charge in [-0.1, -0.05) is 0 Å². The number of aryl methyl sites for hydroxylation is 2. The topological polar surface area (TPSA) is 59.0 Å². The van der Waals surface area contributed by atoms with Gasteiger partial charge in [-0.05, 0) is 44.9 Å². The number of fused-ring (bicyclic) bond motifs is 1. The number of thiazole rings is 1. The average molecular weight is 338 g/mol. The van der Waals surface area contributed by atoms with Crippen molar-refractivity contribution in [2.24, 2.45) is 0 Å². The van der Waals surface area contributed by atoms with E-state index in [0.717, 1.165) is 40.3 Å². The molecule has 0 spiro atoms. The molecule has 0 N–H and O–H groups in total. The van der Waals surface area contributed by atoms with Gasteiger partial charge in [-0.25, -0.2) is 15.0 Å². The normalized spacial score (nSPS) is 14.1. The number of aromatic nitrogens is 3. The second-order valence-corrected chi connectivity index (χ2v) is 7.17. The fourth-order valence-electron chi connectivity index (χ4n) is 2.76.